The Morgan fingerprint density at radius 2 is 1.84 bits per heavy atom. The molecule has 2 aromatic rings. The first-order chi connectivity index (χ1) is 15.3. The first-order valence-electron chi connectivity index (χ1n) is 10.1. The highest BCUT2D eigenvalue weighted by atomic mass is 35.5. The largest absolute Gasteiger partial charge is 0.379 e. The molecular formula is C21H21ClFN3O5S. The van der Waals surface area contributed by atoms with Gasteiger partial charge in [-0.3, -0.25) is 9.59 Å². The van der Waals surface area contributed by atoms with E-state index in [0.29, 0.717) is 30.1 Å². The number of nitrogens with zero attached hydrogens (tertiary/aromatic N) is 2. The summed E-state index contributed by atoms with van der Waals surface area (Å²) >= 11 is 6.08. The molecule has 0 saturated carbocycles. The van der Waals surface area contributed by atoms with E-state index in [9.17, 15) is 22.4 Å². The van der Waals surface area contributed by atoms with E-state index in [2.05, 4.69) is 5.32 Å². The summed E-state index contributed by atoms with van der Waals surface area (Å²) in [5.41, 5.74) is 0.684. The van der Waals surface area contributed by atoms with E-state index in [1.54, 1.807) is 6.07 Å². The number of carbonyl (C=O) groups is 2. The number of nitrogens with one attached hydrogen (secondary N) is 1. The van der Waals surface area contributed by atoms with E-state index in [-0.39, 0.29) is 43.5 Å². The van der Waals surface area contributed by atoms with E-state index in [1.165, 1.54) is 23.1 Å². The highest BCUT2D eigenvalue weighted by molar-refractivity contribution is 7.89. The van der Waals surface area contributed by atoms with Crippen molar-refractivity contribution in [1.29, 1.82) is 0 Å². The Labute approximate surface area is 189 Å². The number of hydrogen-bond acceptors (Lipinski definition) is 5. The Kier molecular flexibility index (Phi) is 6.47. The molecule has 2 aliphatic heterocycles. The lowest BCUT2D eigenvalue weighted by molar-refractivity contribution is -0.117. The Bertz CT molecular complexity index is 1170. The molecular weight excluding hydrogens is 461 g/mol. The molecule has 2 aliphatic rings. The molecule has 2 amide bonds. The number of carbonyl (C=O) groups excluding carboxylic acids is 2. The number of rotatable bonds is 5. The molecule has 8 nitrogen and oxygen atoms in total. The second kappa shape index (κ2) is 9.14. The van der Waals surface area contributed by atoms with E-state index in [4.69, 9.17) is 16.3 Å². The normalized spacial score (nSPS) is 17.6. The minimum Gasteiger partial charge on any atom is -0.379 e. The van der Waals surface area contributed by atoms with Gasteiger partial charge in [0.1, 0.15) is 10.7 Å². The molecule has 170 valence electrons. The van der Waals surface area contributed by atoms with Crippen LogP contribution in [0.1, 0.15) is 23.2 Å². The van der Waals surface area contributed by atoms with Gasteiger partial charge in [0.05, 0.1) is 24.5 Å². The minimum absolute atomic E-state index is 0.108. The molecule has 0 radical (unpaired) electrons. The summed E-state index contributed by atoms with van der Waals surface area (Å²) in [7, 11) is -4.09. The number of ether oxygens (including phenoxy) is 1. The maximum absolute atomic E-state index is 14.4. The van der Waals surface area contributed by atoms with Gasteiger partial charge in [-0.05, 0) is 42.8 Å². The van der Waals surface area contributed by atoms with Crippen LogP contribution < -0.4 is 10.2 Å². The van der Waals surface area contributed by atoms with Gasteiger partial charge < -0.3 is 15.0 Å². The molecule has 0 unspecified atom stereocenters. The predicted molar refractivity (Wildman–Crippen MR) is 117 cm³/mol. The molecule has 0 aromatic heterocycles. The maximum atomic E-state index is 14.4. The van der Waals surface area contributed by atoms with Gasteiger partial charge in [0.15, 0.2) is 0 Å². The van der Waals surface area contributed by atoms with Crippen molar-refractivity contribution in [1.82, 2.24) is 4.31 Å². The van der Waals surface area contributed by atoms with Crippen LogP contribution in [-0.4, -0.2) is 57.4 Å². The van der Waals surface area contributed by atoms with Crippen molar-refractivity contribution in [3.63, 3.8) is 0 Å². The number of amides is 2. The maximum Gasteiger partial charge on any atom is 0.257 e. The number of anilines is 2. The summed E-state index contributed by atoms with van der Waals surface area (Å²) in [6.07, 6.45) is 1.06. The van der Waals surface area contributed by atoms with E-state index >= 15 is 0 Å². The Hall–Kier alpha value is -2.53. The van der Waals surface area contributed by atoms with Crippen LogP contribution in [-0.2, 0) is 19.6 Å². The molecule has 4 rings (SSSR count). The molecule has 32 heavy (non-hydrogen) atoms. The second-order valence-corrected chi connectivity index (χ2v) is 9.77. The van der Waals surface area contributed by atoms with Gasteiger partial charge in [-0.15, -0.1) is 0 Å². The SMILES string of the molecule is O=C(Nc1ccc(F)c(S(=O)(=O)N2CCOCC2)c1)c1ccc(Cl)cc1N1CCCC1=O. The lowest BCUT2D eigenvalue weighted by Gasteiger charge is -2.26. The fourth-order valence-corrected chi connectivity index (χ4v) is 5.39. The van der Waals surface area contributed by atoms with Crippen molar-refractivity contribution in [3.05, 3.63) is 52.8 Å². The summed E-state index contributed by atoms with van der Waals surface area (Å²) in [5, 5.41) is 2.98. The number of sulfonamides is 1. The van der Waals surface area contributed by atoms with Gasteiger partial charge in [0.2, 0.25) is 15.9 Å². The van der Waals surface area contributed by atoms with Gasteiger partial charge in [0.25, 0.3) is 5.91 Å². The number of benzene rings is 2. The first kappa shape index (κ1) is 22.7. The van der Waals surface area contributed by atoms with Crippen molar-refractivity contribution in [2.45, 2.75) is 17.7 Å². The van der Waals surface area contributed by atoms with Gasteiger partial charge in [-0.25, -0.2) is 12.8 Å². The quantitative estimate of drug-likeness (QED) is 0.708. The van der Waals surface area contributed by atoms with Crippen molar-refractivity contribution >= 4 is 44.8 Å². The van der Waals surface area contributed by atoms with Crippen molar-refractivity contribution in [2.24, 2.45) is 0 Å². The number of morpholine rings is 1. The summed E-state index contributed by atoms with van der Waals surface area (Å²) in [4.78, 5) is 26.2. The van der Waals surface area contributed by atoms with Crippen LogP contribution in [0.25, 0.3) is 0 Å². The van der Waals surface area contributed by atoms with Crippen LogP contribution in [0.5, 0.6) is 0 Å². The number of hydrogen-bond donors (Lipinski definition) is 1. The minimum atomic E-state index is -4.09. The third kappa shape index (κ3) is 4.49. The zero-order valence-corrected chi connectivity index (χ0v) is 18.6. The smallest absolute Gasteiger partial charge is 0.257 e. The van der Waals surface area contributed by atoms with Gasteiger partial charge in [-0.2, -0.15) is 4.31 Å². The van der Waals surface area contributed by atoms with Gasteiger partial charge >= 0.3 is 0 Å². The molecule has 2 saturated heterocycles. The third-order valence-corrected chi connectivity index (χ3v) is 7.49. The lowest BCUT2D eigenvalue weighted by Crippen LogP contribution is -2.40. The lowest BCUT2D eigenvalue weighted by atomic mass is 10.1. The Morgan fingerprint density at radius 1 is 1.09 bits per heavy atom. The van der Waals surface area contributed by atoms with Crippen molar-refractivity contribution in [2.75, 3.05) is 43.1 Å². The fourth-order valence-electron chi connectivity index (χ4n) is 3.73. The van der Waals surface area contributed by atoms with E-state index < -0.39 is 26.6 Å². The van der Waals surface area contributed by atoms with Crippen molar-refractivity contribution < 1.29 is 27.1 Å². The van der Waals surface area contributed by atoms with E-state index in [0.717, 1.165) is 16.4 Å². The van der Waals surface area contributed by atoms with Crippen LogP contribution in [0.15, 0.2) is 41.3 Å². The summed E-state index contributed by atoms with van der Waals surface area (Å²) < 4.78 is 46.5. The highest BCUT2D eigenvalue weighted by Gasteiger charge is 2.30. The molecule has 2 aromatic carbocycles. The summed E-state index contributed by atoms with van der Waals surface area (Å²) in [6.45, 7) is 1.17. The van der Waals surface area contributed by atoms with Crippen LogP contribution in [0.3, 0.4) is 0 Å². The van der Waals surface area contributed by atoms with Crippen LogP contribution in [0.4, 0.5) is 15.8 Å². The average Bonchev–Trinajstić information content (AvgIpc) is 3.21. The molecule has 0 bridgehead atoms. The summed E-state index contributed by atoms with van der Waals surface area (Å²) in [5.74, 6) is -1.59. The molecule has 0 spiro atoms. The van der Waals surface area contributed by atoms with Crippen LogP contribution in [0.2, 0.25) is 5.02 Å². The standard InChI is InChI=1S/C21H21ClFN3O5S/c22-14-3-5-16(18(12-14)26-7-1-2-20(26)27)21(28)24-15-4-6-17(23)19(13-15)32(29,30)25-8-10-31-11-9-25/h3-6,12-13H,1-2,7-11H2,(H,24,28). The average molecular weight is 482 g/mol. The molecule has 0 aliphatic carbocycles. The molecule has 11 heteroatoms. The zero-order chi connectivity index (χ0) is 22.9. The van der Waals surface area contributed by atoms with Crippen molar-refractivity contribution in [3.8, 4) is 0 Å². The topological polar surface area (TPSA) is 96.0 Å². The Balaban J connectivity index is 1.62. The second-order valence-electron chi connectivity index (χ2n) is 7.43. The fraction of sp³-hybridized carbons (Fsp3) is 0.333. The molecule has 2 heterocycles. The number of halogens is 2. The molecule has 1 N–H and O–H groups in total. The highest BCUT2D eigenvalue weighted by Crippen LogP contribution is 2.30. The van der Waals surface area contributed by atoms with E-state index in [1.807, 2.05) is 0 Å². The zero-order valence-electron chi connectivity index (χ0n) is 17.0. The Morgan fingerprint density at radius 3 is 2.53 bits per heavy atom. The molecule has 2 fully saturated rings. The van der Waals surface area contributed by atoms with Gasteiger partial charge in [0, 0.05) is 36.8 Å². The summed E-state index contributed by atoms with van der Waals surface area (Å²) in [6, 6.07) is 7.93. The monoisotopic (exact) mass is 481 g/mol. The third-order valence-electron chi connectivity index (χ3n) is 5.35. The predicted octanol–water partition coefficient (Wildman–Crippen LogP) is 2.88. The van der Waals surface area contributed by atoms with Crippen LogP contribution >= 0.6 is 11.6 Å². The molecule has 0 atom stereocenters. The first-order valence-corrected chi connectivity index (χ1v) is 11.9. The van der Waals surface area contributed by atoms with Gasteiger partial charge in [-0.1, -0.05) is 11.6 Å². The van der Waals surface area contributed by atoms with Crippen LogP contribution in [0, 0.1) is 5.82 Å².